The molecule has 1 aromatic carbocycles. The van der Waals surface area contributed by atoms with Crippen molar-refractivity contribution in [2.45, 2.75) is 11.4 Å². The van der Waals surface area contributed by atoms with Gasteiger partial charge in [0.1, 0.15) is 0 Å². The van der Waals surface area contributed by atoms with Crippen LogP contribution in [0, 0.1) is 0 Å². The second-order valence-electron chi connectivity index (χ2n) is 3.99. The lowest BCUT2D eigenvalue weighted by Crippen LogP contribution is -2.51. The molecule has 0 bridgehead atoms. The van der Waals surface area contributed by atoms with Gasteiger partial charge in [-0.2, -0.15) is 0 Å². The van der Waals surface area contributed by atoms with E-state index in [2.05, 4.69) is 5.32 Å². The fourth-order valence-corrected chi connectivity index (χ4v) is 2.70. The van der Waals surface area contributed by atoms with Crippen LogP contribution in [0.15, 0.2) is 23.1 Å². The van der Waals surface area contributed by atoms with Crippen molar-refractivity contribution in [3.63, 3.8) is 0 Å². The molecule has 5 nitrogen and oxygen atoms in total. The van der Waals surface area contributed by atoms with E-state index in [1.807, 2.05) is 24.5 Å². The Morgan fingerprint density at radius 1 is 1.33 bits per heavy atom. The summed E-state index contributed by atoms with van der Waals surface area (Å²) in [5, 5.41) is 2.29. The summed E-state index contributed by atoms with van der Waals surface area (Å²) in [7, 11) is 0. The van der Waals surface area contributed by atoms with Crippen LogP contribution in [-0.4, -0.2) is 31.2 Å². The molecule has 18 heavy (non-hydrogen) atoms. The molecule has 0 aliphatic carbocycles. The van der Waals surface area contributed by atoms with E-state index in [0.717, 1.165) is 16.1 Å². The molecule has 1 aromatic rings. The van der Waals surface area contributed by atoms with E-state index in [9.17, 15) is 9.59 Å². The van der Waals surface area contributed by atoms with Crippen LogP contribution in [0.25, 0.3) is 0 Å². The van der Waals surface area contributed by atoms with Crippen molar-refractivity contribution in [2.75, 3.05) is 24.2 Å². The zero-order chi connectivity index (χ0) is 13.1. The largest absolute Gasteiger partial charge is 0.353 e. The third kappa shape index (κ3) is 2.49. The molecule has 1 fully saturated rings. The summed E-state index contributed by atoms with van der Waals surface area (Å²) >= 11 is 1.61. The van der Waals surface area contributed by atoms with Crippen LogP contribution in [0.5, 0.6) is 0 Å². The second-order valence-corrected chi connectivity index (χ2v) is 4.84. The molecule has 6 heteroatoms. The summed E-state index contributed by atoms with van der Waals surface area (Å²) in [6.07, 6.45) is 1.98. The molecule has 1 aliphatic heterocycles. The zero-order valence-corrected chi connectivity index (χ0v) is 10.9. The number of amides is 2. The summed E-state index contributed by atoms with van der Waals surface area (Å²) in [4.78, 5) is 25.6. The fraction of sp³-hybridized carbons (Fsp3) is 0.333. The Morgan fingerprint density at radius 2 is 2.00 bits per heavy atom. The third-order valence-corrected chi connectivity index (χ3v) is 3.64. The molecule has 96 valence electrons. The number of nitrogens with one attached hydrogen (secondary N) is 1. The number of imide groups is 1. The van der Waals surface area contributed by atoms with E-state index in [0.29, 0.717) is 6.54 Å². The van der Waals surface area contributed by atoms with Crippen LogP contribution >= 0.6 is 11.8 Å². The third-order valence-electron chi connectivity index (χ3n) is 2.82. The molecule has 0 spiro atoms. The number of carbonyl (C=O) groups excluding carboxylic acids is 2. The van der Waals surface area contributed by atoms with E-state index in [1.165, 1.54) is 0 Å². The molecule has 2 rings (SSSR count). The summed E-state index contributed by atoms with van der Waals surface area (Å²) in [5.74, 6) is -0.549. The first kappa shape index (κ1) is 12.9. The van der Waals surface area contributed by atoms with Crippen molar-refractivity contribution < 1.29 is 9.59 Å². The highest BCUT2D eigenvalue weighted by molar-refractivity contribution is 7.98. The van der Waals surface area contributed by atoms with Gasteiger partial charge in [-0.1, -0.05) is 6.07 Å². The molecule has 0 radical (unpaired) electrons. The van der Waals surface area contributed by atoms with Gasteiger partial charge in [-0.05, 0) is 18.4 Å². The van der Waals surface area contributed by atoms with Gasteiger partial charge >= 0.3 is 0 Å². The Labute approximate surface area is 110 Å². The number of benzene rings is 1. The van der Waals surface area contributed by atoms with Crippen molar-refractivity contribution in [1.82, 2.24) is 5.32 Å². The highest BCUT2D eigenvalue weighted by Gasteiger charge is 2.24. The van der Waals surface area contributed by atoms with Crippen LogP contribution in [-0.2, 0) is 16.1 Å². The Hall–Kier alpha value is -1.53. The number of nitrogens with two attached hydrogens (primary N) is 1. The number of rotatable bonds is 3. The maximum atomic E-state index is 11.4. The van der Waals surface area contributed by atoms with Gasteiger partial charge in [-0.25, -0.2) is 0 Å². The lowest BCUT2D eigenvalue weighted by atomic mass is 10.1. The van der Waals surface area contributed by atoms with E-state index in [4.69, 9.17) is 5.73 Å². The quantitative estimate of drug-likeness (QED) is 0.608. The Kier molecular flexibility index (Phi) is 3.88. The van der Waals surface area contributed by atoms with Gasteiger partial charge in [0.25, 0.3) is 0 Å². The van der Waals surface area contributed by atoms with Gasteiger partial charge in [0.05, 0.1) is 13.1 Å². The lowest BCUT2D eigenvalue weighted by Gasteiger charge is -2.29. The van der Waals surface area contributed by atoms with Gasteiger partial charge in [0.2, 0.25) is 11.8 Å². The highest BCUT2D eigenvalue weighted by atomic mass is 32.2. The first-order valence-corrected chi connectivity index (χ1v) is 6.81. The molecule has 0 unspecified atom stereocenters. The predicted molar refractivity (Wildman–Crippen MR) is 71.5 cm³/mol. The average Bonchev–Trinajstić information content (AvgIpc) is 2.36. The summed E-state index contributed by atoms with van der Waals surface area (Å²) in [6.45, 7) is 0.770. The van der Waals surface area contributed by atoms with Crippen molar-refractivity contribution in [3.05, 3.63) is 23.8 Å². The zero-order valence-electron chi connectivity index (χ0n) is 10.1. The first-order chi connectivity index (χ1) is 8.65. The van der Waals surface area contributed by atoms with Gasteiger partial charge in [0.15, 0.2) is 0 Å². The molecule has 1 aliphatic rings. The number of anilines is 1. The standard InChI is InChI=1S/C12H15N3O2S/c1-18-10-4-2-3-9(8(10)5-13)15-6-11(16)14-12(17)7-15/h2-4H,5-7,13H2,1H3,(H,14,16,17). The maximum absolute atomic E-state index is 11.4. The molecule has 2 amide bonds. The average molecular weight is 265 g/mol. The van der Waals surface area contributed by atoms with Gasteiger partial charge in [-0.15, -0.1) is 11.8 Å². The van der Waals surface area contributed by atoms with Crippen LogP contribution in [0.4, 0.5) is 5.69 Å². The second kappa shape index (κ2) is 5.41. The number of hydrogen-bond acceptors (Lipinski definition) is 5. The topological polar surface area (TPSA) is 75.4 Å². The minimum atomic E-state index is -0.274. The monoisotopic (exact) mass is 265 g/mol. The highest BCUT2D eigenvalue weighted by Crippen LogP contribution is 2.29. The number of carbonyl (C=O) groups is 2. The molecular formula is C12H15N3O2S. The molecular weight excluding hydrogens is 250 g/mol. The van der Waals surface area contributed by atoms with Crippen molar-refractivity contribution >= 4 is 29.3 Å². The Bertz CT molecular complexity index is 474. The molecule has 0 aromatic heterocycles. The number of hydrogen-bond donors (Lipinski definition) is 2. The fourth-order valence-electron chi connectivity index (χ4n) is 2.05. The van der Waals surface area contributed by atoms with Crippen LogP contribution in [0.1, 0.15) is 5.56 Å². The van der Waals surface area contributed by atoms with Gasteiger partial charge < -0.3 is 10.6 Å². The van der Waals surface area contributed by atoms with Crippen molar-refractivity contribution in [2.24, 2.45) is 5.73 Å². The maximum Gasteiger partial charge on any atom is 0.246 e. The SMILES string of the molecule is CSc1cccc(N2CC(=O)NC(=O)C2)c1CN. The predicted octanol–water partition coefficient (Wildman–Crippen LogP) is 0.330. The molecule has 1 saturated heterocycles. The lowest BCUT2D eigenvalue weighted by molar-refractivity contribution is -0.130. The molecule has 0 saturated carbocycles. The van der Waals surface area contributed by atoms with Crippen LogP contribution < -0.4 is 16.0 Å². The minimum Gasteiger partial charge on any atom is -0.353 e. The summed E-state index contributed by atoms with van der Waals surface area (Å²) < 4.78 is 0. The summed E-state index contributed by atoms with van der Waals surface area (Å²) in [5.41, 5.74) is 7.62. The smallest absolute Gasteiger partial charge is 0.246 e. The van der Waals surface area contributed by atoms with Crippen LogP contribution in [0.2, 0.25) is 0 Å². The minimum absolute atomic E-state index is 0.191. The number of nitrogens with zero attached hydrogens (tertiary/aromatic N) is 1. The van der Waals surface area contributed by atoms with E-state index >= 15 is 0 Å². The first-order valence-electron chi connectivity index (χ1n) is 5.59. The van der Waals surface area contributed by atoms with Gasteiger partial charge in [-0.3, -0.25) is 14.9 Å². The molecule has 0 atom stereocenters. The van der Waals surface area contributed by atoms with Crippen LogP contribution in [0.3, 0.4) is 0 Å². The molecule has 1 heterocycles. The van der Waals surface area contributed by atoms with E-state index < -0.39 is 0 Å². The van der Waals surface area contributed by atoms with Crippen molar-refractivity contribution in [3.8, 4) is 0 Å². The summed E-state index contributed by atoms with van der Waals surface area (Å²) in [6, 6.07) is 5.80. The van der Waals surface area contributed by atoms with E-state index in [1.54, 1.807) is 16.7 Å². The number of thioether (sulfide) groups is 1. The Morgan fingerprint density at radius 3 is 2.56 bits per heavy atom. The van der Waals surface area contributed by atoms with Gasteiger partial charge in [0, 0.05) is 22.7 Å². The normalized spacial score (nSPS) is 15.8. The molecule has 3 N–H and O–H groups in total. The van der Waals surface area contributed by atoms with E-state index in [-0.39, 0.29) is 24.9 Å². The van der Waals surface area contributed by atoms with Crippen molar-refractivity contribution in [1.29, 1.82) is 0 Å². The number of piperazine rings is 1. The Balaban J connectivity index is 2.37.